The van der Waals surface area contributed by atoms with Crippen LogP contribution in [0.1, 0.15) is 23.2 Å². The highest BCUT2D eigenvalue weighted by molar-refractivity contribution is 5.90. The topological polar surface area (TPSA) is 62.8 Å². The third-order valence-electron chi connectivity index (χ3n) is 1.37. The molecule has 0 amide bonds. The molecule has 0 saturated heterocycles. The number of ketones is 1. The molecule has 0 aromatic carbocycles. The molecule has 14 heavy (non-hydrogen) atoms. The fourth-order valence-electron chi connectivity index (χ4n) is 0.770. The van der Waals surface area contributed by atoms with E-state index in [0.29, 0.717) is 6.07 Å². The standard InChI is InChI=1S/C7H5F3N2O2/c1-3(13)6-11-4(7(8,9)10)2-5(14)12-6/h2H,1H3,(H,11,12,14). The number of carbonyl (C=O) groups excluding carboxylic acids is 1. The second-order valence-corrected chi connectivity index (χ2v) is 2.53. The van der Waals surface area contributed by atoms with Crippen molar-refractivity contribution in [3.8, 4) is 0 Å². The first kappa shape index (κ1) is 10.4. The van der Waals surface area contributed by atoms with Crippen molar-refractivity contribution in [2.75, 3.05) is 0 Å². The van der Waals surface area contributed by atoms with Crippen LogP contribution in [0.15, 0.2) is 10.9 Å². The predicted octanol–water partition coefficient (Wildman–Crippen LogP) is 0.991. The quantitative estimate of drug-likeness (QED) is 0.697. The third-order valence-corrected chi connectivity index (χ3v) is 1.37. The van der Waals surface area contributed by atoms with Gasteiger partial charge < -0.3 is 4.98 Å². The smallest absolute Gasteiger partial charge is 0.304 e. The van der Waals surface area contributed by atoms with E-state index >= 15 is 0 Å². The molecule has 0 atom stereocenters. The molecule has 0 aliphatic heterocycles. The number of hydrogen-bond acceptors (Lipinski definition) is 3. The number of aromatic nitrogens is 2. The normalized spacial score (nSPS) is 11.4. The number of aromatic amines is 1. The Labute approximate surface area is 75.8 Å². The van der Waals surface area contributed by atoms with Crippen molar-refractivity contribution in [2.45, 2.75) is 13.1 Å². The van der Waals surface area contributed by atoms with Crippen LogP contribution in [-0.2, 0) is 6.18 Å². The average molecular weight is 206 g/mol. The molecule has 0 unspecified atom stereocenters. The lowest BCUT2D eigenvalue weighted by atomic mass is 10.3. The number of hydrogen-bond donors (Lipinski definition) is 1. The fraction of sp³-hybridized carbons (Fsp3) is 0.286. The van der Waals surface area contributed by atoms with Crippen molar-refractivity contribution in [3.05, 3.63) is 27.9 Å². The number of H-pyrrole nitrogens is 1. The highest BCUT2D eigenvalue weighted by Gasteiger charge is 2.33. The Balaban J connectivity index is 3.35. The summed E-state index contributed by atoms with van der Waals surface area (Å²) in [6.07, 6.45) is -4.72. The van der Waals surface area contributed by atoms with Gasteiger partial charge in [0.1, 0.15) is 0 Å². The van der Waals surface area contributed by atoms with Crippen molar-refractivity contribution in [1.29, 1.82) is 0 Å². The van der Waals surface area contributed by atoms with E-state index in [2.05, 4.69) is 4.98 Å². The van der Waals surface area contributed by atoms with Crippen molar-refractivity contribution >= 4 is 5.78 Å². The molecule has 1 rings (SSSR count). The summed E-state index contributed by atoms with van der Waals surface area (Å²) in [6, 6.07) is 0.298. The molecule has 0 saturated carbocycles. The van der Waals surface area contributed by atoms with Crippen molar-refractivity contribution < 1.29 is 18.0 Å². The first-order chi connectivity index (χ1) is 6.30. The molecule has 76 valence electrons. The number of nitrogens with one attached hydrogen (secondary N) is 1. The van der Waals surface area contributed by atoms with Crippen molar-refractivity contribution in [1.82, 2.24) is 9.97 Å². The van der Waals surface area contributed by atoms with Gasteiger partial charge in [-0.1, -0.05) is 0 Å². The van der Waals surface area contributed by atoms with Crippen LogP contribution in [0, 0.1) is 0 Å². The molecule has 0 fully saturated rings. The van der Waals surface area contributed by atoms with E-state index in [1.165, 1.54) is 0 Å². The van der Waals surface area contributed by atoms with E-state index in [9.17, 15) is 22.8 Å². The Morgan fingerprint density at radius 2 is 2.07 bits per heavy atom. The molecule has 4 nitrogen and oxygen atoms in total. The zero-order valence-electron chi connectivity index (χ0n) is 6.97. The van der Waals surface area contributed by atoms with E-state index in [1.807, 2.05) is 4.98 Å². The third kappa shape index (κ3) is 2.18. The SMILES string of the molecule is CC(=O)c1nc(C(F)(F)F)cc(=O)[nH]1. The van der Waals surface area contributed by atoms with Gasteiger partial charge in [-0.25, -0.2) is 4.98 Å². The summed E-state index contributed by atoms with van der Waals surface area (Å²) in [5, 5.41) is 0. The Morgan fingerprint density at radius 1 is 1.50 bits per heavy atom. The second kappa shape index (κ2) is 3.24. The van der Waals surface area contributed by atoms with Crippen LogP contribution in [0.25, 0.3) is 0 Å². The van der Waals surface area contributed by atoms with Gasteiger partial charge in [0, 0.05) is 13.0 Å². The average Bonchev–Trinajstić information content (AvgIpc) is 2.01. The van der Waals surface area contributed by atoms with Crippen LogP contribution in [-0.4, -0.2) is 15.8 Å². The molecule has 1 N–H and O–H groups in total. The molecule has 1 aromatic rings. The van der Waals surface area contributed by atoms with Crippen LogP contribution in [0.4, 0.5) is 13.2 Å². The fourth-order valence-corrected chi connectivity index (χ4v) is 0.770. The Kier molecular flexibility index (Phi) is 2.41. The largest absolute Gasteiger partial charge is 0.433 e. The van der Waals surface area contributed by atoms with E-state index in [0.717, 1.165) is 6.92 Å². The van der Waals surface area contributed by atoms with Crippen LogP contribution in [0.3, 0.4) is 0 Å². The van der Waals surface area contributed by atoms with E-state index in [4.69, 9.17) is 0 Å². The number of Topliss-reactive ketones (excluding diaryl/α,β-unsaturated/α-hetero) is 1. The minimum absolute atomic E-state index is 0.298. The maximum absolute atomic E-state index is 12.1. The van der Waals surface area contributed by atoms with Gasteiger partial charge in [-0.2, -0.15) is 13.2 Å². The van der Waals surface area contributed by atoms with Crippen molar-refractivity contribution in [2.24, 2.45) is 0 Å². The summed E-state index contributed by atoms with van der Waals surface area (Å²) < 4.78 is 36.3. The van der Waals surface area contributed by atoms with Gasteiger partial charge in [-0.15, -0.1) is 0 Å². The summed E-state index contributed by atoms with van der Waals surface area (Å²) in [4.78, 5) is 26.3. The van der Waals surface area contributed by atoms with Gasteiger partial charge in [0.05, 0.1) is 0 Å². The molecule has 0 radical (unpaired) electrons. The molecule has 1 heterocycles. The summed E-state index contributed by atoms with van der Waals surface area (Å²) in [5.74, 6) is -1.32. The first-order valence-corrected chi connectivity index (χ1v) is 3.50. The molecule has 0 spiro atoms. The van der Waals surface area contributed by atoms with E-state index < -0.39 is 29.0 Å². The maximum Gasteiger partial charge on any atom is 0.433 e. The summed E-state index contributed by atoms with van der Waals surface area (Å²) in [5.41, 5.74) is -2.37. The number of halogens is 3. The number of rotatable bonds is 1. The molecular weight excluding hydrogens is 201 g/mol. The van der Waals surface area contributed by atoms with E-state index in [1.54, 1.807) is 0 Å². The lowest BCUT2D eigenvalue weighted by Gasteiger charge is -2.05. The zero-order valence-corrected chi connectivity index (χ0v) is 6.97. The number of alkyl halides is 3. The monoisotopic (exact) mass is 206 g/mol. The summed E-state index contributed by atoms with van der Waals surface area (Å²) in [6.45, 7) is 1.01. The molecular formula is C7H5F3N2O2. The highest BCUT2D eigenvalue weighted by Crippen LogP contribution is 2.26. The van der Waals surface area contributed by atoms with Crippen LogP contribution in [0.2, 0.25) is 0 Å². The van der Waals surface area contributed by atoms with Crippen LogP contribution >= 0.6 is 0 Å². The summed E-state index contributed by atoms with van der Waals surface area (Å²) in [7, 11) is 0. The number of carbonyl (C=O) groups is 1. The molecule has 0 aliphatic rings. The molecule has 7 heteroatoms. The number of nitrogens with zero attached hydrogens (tertiary/aromatic N) is 1. The second-order valence-electron chi connectivity index (χ2n) is 2.53. The van der Waals surface area contributed by atoms with Gasteiger partial charge >= 0.3 is 6.18 Å². The maximum atomic E-state index is 12.1. The van der Waals surface area contributed by atoms with Gasteiger partial charge in [-0.05, 0) is 0 Å². The van der Waals surface area contributed by atoms with Gasteiger partial charge in [0.2, 0.25) is 0 Å². The lowest BCUT2D eigenvalue weighted by molar-refractivity contribution is -0.141. The first-order valence-electron chi connectivity index (χ1n) is 3.50. The van der Waals surface area contributed by atoms with Crippen LogP contribution < -0.4 is 5.56 Å². The molecule has 1 aromatic heterocycles. The Hall–Kier alpha value is -1.66. The van der Waals surface area contributed by atoms with E-state index in [-0.39, 0.29) is 0 Å². The Bertz CT molecular complexity index is 422. The zero-order chi connectivity index (χ0) is 10.9. The van der Waals surface area contributed by atoms with Crippen molar-refractivity contribution in [3.63, 3.8) is 0 Å². The summed E-state index contributed by atoms with van der Waals surface area (Å²) >= 11 is 0. The molecule has 0 bridgehead atoms. The Morgan fingerprint density at radius 3 is 2.50 bits per heavy atom. The van der Waals surface area contributed by atoms with Gasteiger partial charge in [-0.3, -0.25) is 9.59 Å². The predicted molar refractivity (Wildman–Crippen MR) is 39.9 cm³/mol. The van der Waals surface area contributed by atoms with Gasteiger partial charge in [0.15, 0.2) is 17.3 Å². The minimum Gasteiger partial charge on any atom is -0.304 e. The minimum atomic E-state index is -4.72. The van der Waals surface area contributed by atoms with Crippen LogP contribution in [0.5, 0.6) is 0 Å². The highest BCUT2D eigenvalue weighted by atomic mass is 19.4. The molecule has 0 aliphatic carbocycles. The lowest BCUT2D eigenvalue weighted by Crippen LogP contribution is -2.20. The van der Waals surface area contributed by atoms with Gasteiger partial charge in [0.25, 0.3) is 5.56 Å².